The summed E-state index contributed by atoms with van der Waals surface area (Å²) >= 11 is 0. The average Bonchev–Trinajstić information content (AvgIpc) is 2.47. The standard InChI is InChI=1S/C19H21NO2/c1-13-5-6-14(2)17(11-13)18(19(21)22)12-15-7-9-16(10-8-15)20(3)4/h5-12H,1-4H3,(H,21,22)/b18-12-. The lowest BCUT2D eigenvalue weighted by Gasteiger charge is -2.12. The summed E-state index contributed by atoms with van der Waals surface area (Å²) in [6, 6.07) is 13.7. The molecule has 3 heteroatoms. The molecule has 22 heavy (non-hydrogen) atoms. The molecule has 0 fully saturated rings. The van der Waals surface area contributed by atoms with E-state index in [2.05, 4.69) is 0 Å². The molecule has 0 heterocycles. The molecular formula is C19H21NO2. The number of carboxylic acids is 1. The Morgan fingerprint density at radius 3 is 2.23 bits per heavy atom. The normalized spacial score (nSPS) is 11.4. The first kappa shape index (κ1) is 15.8. The van der Waals surface area contributed by atoms with E-state index in [1.807, 2.05) is 75.3 Å². The van der Waals surface area contributed by atoms with Gasteiger partial charge in [0.05, 0.1) is 5.57 Å². The van der Waals surface area contributed by atoms with Crippen molar-refractivity contribution in [3.8, 4) is 0 Å². The van der Waals surface area contributed by atoms with Crippen LogP contribution in [0, 0.1) is 13.8 Å². The number of aliphatic carboxylic acids is 1. The number of hydrogen-bond donors (Lipinski definition) is 1. The molecule has 2 aromatic carbocycles. The van der Waals surface area contributed by atoms with E-state index in [0.717, 1.165) is 27.9 Å². The highest BCUT2D eigenvalue weighted by Crippen LogP contribution is 2.24. The predicted octanol–water partition coefficient (Wildman–Crippen LogP) is 3.99. The third-order valence-electron chi connectivity index (χ3n) is 3.63. The molecule has 2 rings (SSSR count). The van der Waals surface area contributed by atoms with Crippen molar-refractivity contribution in [2.24, 2.45) is 0 Å². The number of carbonyl (C=O) groups is 1. The lowest BCUT2D eigenvalue weighted by molar-refractivity contribution is -0.130. The van der Waals surface area contributed by atoms with E-state index in [0.29, 0.717) is 5.57 Å². The largest absolute Gasteiger partial charge is 0.478 e. The summed E-state index contributed by atoms with van der Waals surface area (Å²) in [5.41, 5.74) is 5.06. The van der Waals surface area contributed by atoms with Gasteiger partial charge in [-0.1, -0.05) is 35.9 Å². The molecule has 0 amide bonds. The van der Waals surface area contributed by atoms with Crippen LogP contribution in [0.4, 0.5) is 5.69 Å². The van der Waals surface area contributed by atoms with E-state index in [4.69, 9.17) is 0 Å². The van der Waals surface area contributed by atoms with Crippen LogP contribution in [0.25, 0.3) is 11.6 Å². The van der Waals surface area contributed by atoms with Crippen molar-refractivity contribution in [2.45, 2.75) is 13.8 Å². The topological polar surface area (TPSA) is 40.5 Å². The van der Waals surface area contributed by atoms with E-state index < -0.39 is 5.97 Å². The van der Waals surface area contributed by atoms with Gasteiger partial charge in [0.1, 0.15) is 0 Å². The van der Waals surface area contributed by atoms with E-state index in [1.165, 1.54) is 0 Å². The van der Waals surface area contributed by atoms with Crippen LogP contribution in [0.2, 0.25) is 0 Å². The molecule has 0 aliphatic rings. The zero-order valence-corrected chi connectivity index (χ0v) is 13.4. The van der Waals surface area contributed by atoms with Crippen molar-refractivity contribution in [1.82, 2.24) is 0 Å². The molecule has 0 radical (unpaired) electrons. The first-order valence-corrected chi connectivity index (χ1v) is 7.18. The SMILES string of the molecule is Cc1ccc(C)c(/C(=C/c2ccc(N(C)C)cc2)C(=O)O)c1. The number of rotatable bonds is 4. The second-order valence-corrected chi connectivity index (χ2v) is 5.67. The lowest BCUT2D eigenvalue weighted by atomic mass is 9.96. The molecule has 1 N–H and O–H groups in total. The highest BCUT2D eigenvalue weighted by atomic mass is 16.4. The number of hydrogen-bond acceptors (Lipinski definition) is 2. The van der Waals surface area contributed by atoms with Crippen LogP contribution in [0.1, 0.15) is 22.3 Å². The molecule has 0 aromatic heterocycles. The van der Waals surface area contributed by atoms with E-state index in [1.54, 1.807) is 6.08 Å². The van der Waals surface area contributed by atoms with E-state index >= 15 is 0 Å². The highest BCUT2D eigenvalue weighted by Gasteiger charge is 2.13. The fraction of sp³-hybridized carbons (Fsp3) is 0.211. The van der Waals surface area contributed by atoms with Crippen molar-refractivity contribution in [3.05, 3.63) is 64.7 Å². The Hall–Kier alpha value is -2.55. The molecular weight excluding hydrogens is 274 g/mol. The van der Waals surface area contributed by atoms with Crippen LogP contribution in [-0.4, -0.2) is 25.2 Å². The molecule has 0 unspecified atom stereocenters. The van der Waals surface area contributed by atoms with Crippen LogP contribution in [0.5, 0.6) is 0 Å². The summed E-state index contributed by atoms with van der Waals surface area (Å²) in [6.45, 7) is 3.90. The van der Waals surface area contributed by atoms with Crippen LogP contribution in [-0.2, 0) is 4.79 Å². The van der Waals surface area contributed by atoms with Crippen LogP contribution >= 0.6 is 0 Å². The maximum atomic E-state index is 11.7. The quantitative estimate of drug-likeness (QED) is 0.685. The number of nitrogens with zero attached hydrogens (tertiary/aromatic N) is 1. The third-order valence-corrected chi connectivity index (χ3v) is 3.63. The van der Waals surface area contributed by atoms with Gasteiger partial charge in [0, 0.05) is 19.8 Å². The summed E-state index contributed by atoms with van der Waals surface area (Å²) in [5.74, 6) is -0.912. The van der Waals surface area contributed by atoms with Crippen molar-refractivity contribution in [3.63, 3.8) is 0 Å². The third kappa shape index (κ3) is 3.55. The fourth-order valence-electron chi connectivity index (χ4n) is 2.32. The second-order valence-electron chi connectivity index (χ2n) is 5.67. The summed E-state index contributed by atoms with van der Waals surface area (Å²) in [5, 5.41) is 9.57. The van der Waals surface area contributed by atoms with Crippen molar-refractivity contribution in [1.29, 1.82) is 0 Å². The minimum absolute atomic E-state index is 0.318. The molecule has 0 aliphatic carbocycles. The smallest absolute Gasteiger partial charge is 0.336 e. The monoisotopic (exact) mass is 295 g/mol. The number of aryl methyl sites for hydroxylation is 2. The number of benzene rings is 2. The van der Waals surface area contributed by atoms with Gasteiger partial charge in [0.2, 0.25) is 0 Å². The van der Waals surface area contributed by atoms with Crippen LogP contribution < -0.4 is 4.90 Å². The Balaban J connectivity index is 2.47. The summed E-state index contributed by atoms with van der Waals surface area (Å²) in [4.78, 5) is 13.7. The first-order valence-electron chi connectivity index (χ1n) is 7.18. The van der Waals surface area contributed by atoms with Gasteiger partial charge in [-0.25, -0.2) is 4.79 Å². The van der Waals surface area contributed by atoms with Crippen molar-refractivity contribution >= 4 is 23.3 Å². The number of carboxylic acid groups (broad SMARTS) is 1. The maximum absolute atomic E-state index is 11.7. The molecule has 0 spiro atoms. The Morgan fingerprint density at radius 2 is 1.68 bits per heavy atom. The van der Waals surface area contributed by atoms with Gasteiger partial charge in [-0.05, 0) is 48.7 Å². The predicted molar refractivity (Wildman–Crippen MR) is 92.2 cm³/mol. The zero-order valence-electron chi connectivity index (χ0n) is 13.4. The van der Waals surface area contributed by atoms with E-state index in [-0.39, 0.29) is 0 Å². The van der Waals surface area contributed by atoms with Gasteiger partial charge in [-0.3, -0.25) is 0 Å². The summed E-state index contributed by atoms with van der Waals surface area (Å²) in [7, 11) is 3.95. The molecule has 0 saturated heterocycles. The lowest BCUT2D eigenvalue weighted by Crippen LogP contribution is -2.08. The molecule has 0 bridgehead atoms. The Bertz CT molecular complexity index is 713. The molecule has 2 aromatic rings. The zero-order chi connectivity index (χ0) is 16.3. The van der Waals surface area contributed by atoms with Crippen molar-refractivity contribution < 1.29 is 9.90 Å². The summed E-state index contributed by atoms with van der Waals surface area (Å²) < 4.78 is 0. The summed E-state index contributed by atoms with van der Waals surface area (Å²) in [6.07, 6.45) is 1.73. The van der Waals surface area contributed by atoms with Gasteiger partial charge in [-0.15, -0.1) is 0 Å². The fourth-order valence-corrected chi connectivity index (χ4v) is 2.32. The molecule has 0 aliphatic heterocycles. The number of anilines is 1. The van der Waals surface area contributed by atoms with Gasteiger partial charge >= 0.3 is 5.97 Å². The van der Waals surface area contributed by atoms with Gasteiger partial charge in [0.25, 0.3) is 0 Å². The average molecular weight is 295 g/mol. The second kappa shape index (κ2) is 6.48. The Kier molecular flexibility index (Phi) is 4.66. The minimum atomic E-state index is -0.912. The van der Waals surface area contributed by atoms with E-state index in [9.17, 15) is 9.90 Å². The molecule has 0 atom stereocenters. The molecule has 3 nitrogen and oxygen atoms in total. The van der Waals surface area contributed by atoms with Gasteiger partial charge in [0.15, 0.2) is 0 Å². The Labute approximate surface area is 131 Å². The first-order chi connectivity index (χ1) is 10.4. The van der Waals surface area contributed by atoms with Crippen LogP contribution in [0.3, 0.4) is 0 Å². The van der Waals surface area contributed by atoms with Crippen LogP contribution in [0.15, 0.2) is 42.5 Å². The minimum Gasteiger partial charge on any atom is -0.478 e. The van der Waals surface area contributed by atoms with Crippen molar-refractivity contribution in [2.75, 3.05) is 19.0 Å². The van der Waals surface area contributed by atoms with Gasteiger partial charge in [-0.2, -0.15) is 0 Å². The maximum Gasteiger partial charge on any atom is 0.336 e. The molecule has 114 valence electrons. The highest BCUT2D eigenvalue weighted by molar-refractivity contribution is 6.21. The Morgan fingerprint density at radius 1 is 1.05 bits per heavy atom. The van der Waals surface area contributed by atoms with Gasteiger partial charge < -0.3 is 10.0 Å². The molecule has 0 saturated carbocycles.